The van der Waals surface area contributed by atoms with Crippen molar-refractivity contribution in [2.75, 3.05) is 17.7 Å². The van der Waals surface area contributed by atoms with E-state index in [0.717, 1.165) is 0 Å². The van der Waals surface area contributed by atoms with Gasteiger partial charge in [0.15, 0.2) is 0 Å². The molecule has 0 aliphatic carbocycles. The van der Waals surface area contributed by atoms with E-state index in [9.17, 15) is 4.79 Å². The number of thiazole rings is 1. The Morgan fingerprint density at radius 1 is 1.14 bits per heavy atom. The van der Waals surface area contributed by atoms with Gasteiger partial charge in [0.05, 0.1) is 45.5 Å². The normalized spacial score (nSPS) is 12.0. The molecular formula is C25H22ClN7O2S. The van der Waals surface area contributed by atoms with E-state index in [1.807, 2.05) is 49.6 Å². The Hall–Kier alpha value is -4.02. The Morgan fingerprint density at radius 2 is 1.94 bits per heavy atom. The van der Waals surface area contributed by atoms with Crippen LogP contribution in [-0.2, 0) is 0 Å². The minimum Gasteiger partial charge on any atom is -0.470 e. The maximum Gasteiger partial charge on any atom is 0.273 e. The predicted molar refractivity (Wildman–Crippen MR) is 143 cm³/mol. The zero-order valence-corrected chi connectivity index (χ0v) is 21.0. The molecule has 0 saturated heterocycles. The van der Waals surface area contributed by atoms with Crippen molar-refractivity contribution in [2.45, 2.75) is 19.9 Å². The number of ether oxygens (including phenoxy) is 1. The van der Waals surface area contributed by atoms with E-state index in [1.165, 1.54) is 11.3 Å². The molecule has 0 aliphatic rings. The molecule has 182 valence electrons. The van der Waals surface area contributed by atoms with Gasteiger partial charge in [-0.25, -0.2) is 15.0 Å². The number of nitrogen functional groups attached to an aromatic ring is 1. The topological polar surface area (TPSA) is 121 Å². The average molecular weight is 520 g/mol. The van der Waals surface area contributed by atoms with Crippen LogP contribution in [0.25, 0.3) is 27.8 Å². The number of nitrogens with one attached hydrogen (secondary N) is 1. The maximum absolute atomic E-state index is 13.7. The summed E-state index contributed by atoms with van der Waals surface area (Å²) in [5.41, 5.74) is 8.13. The van der Waals surface area contributed by atoms with Crippen LogP contribution in [0.2, 0.25) is 5.02 Å². The molecule has 11 heteroatoms. The number of rotatable bonds is 7. The Kier molecular flexibility index (Phi) is 6.53. The van der Waals surface area contributed by atoms with Gasteiger partial charge in [-0.15, -0.1) is 0 Å². The van der Waals surface area contributed by atoms with Crippen molar-refractivity contribution in [3.63, 3.8) is 0 Å². The van der Waals surface area contributed by atoms with E-state index in [0.29, 0.717) is 56.3 Å². The highest BCUT2D eigenvalue weighted by Gasteiger charge is 2.22. The quantitative estimate of drug-likeness (QED) is 0.304. The fraction of sp³-hybridized carbons (Fsp3) is 0.160. The number of hydrogen-bond donors (Lipinski definition) is 2. The third kappa shape index (κ3) is 4.48. The van der Waals surface area contributed by atoms with Crippen LogP contribution in [0.15, 0.2) is 64.9 Å². The maximum atomic E-state index is 13.7. The number of nitrogens with zero attached hydrogens (tertiary/aromatic N) is 5. The Balaban J connectivity index is 1.63. The zero-order chi connectivity index (χ0) is 25.2. The van der Waals surface area contributed by atoms with Crippen LogP contribution in [0.4, 0.5) is 11.8 Å². The Labute approximate surface area is 215 Å². The minimum atomic E-state index is -0.459. The molecule has 36 heavy (non-hydrogen) atoms. The molecule has 0 amide bonds. The fourth-order valence-corrected chi connectivity index (χ4v) is 4.84. The number of halogens is 1. The largest absolute Gasteiger partial charge is 0.470 e. The van der Waals surface area contributed by atoms with Crippen molar-refractivity contribution in [2.24, 2.45) is 0 Å². The molecule has 0 bridgehead atoms. The van der Waals surface area contributed by atoms with Crippen molar-refractivity contribution in [1.29, 1.82) is 0 Å². The summed E-state index contributed by atoms with van der Waals surface area (Å²) in [5.74, 6) is 1.05. The van der Waals surface area contributed by atoms with Crippen LogP contribution in [-0.4, -0.2) is 31.1 Å². The molecule has 0 spiro atoms. The van der Waals surface area contributed by atoms with E-state index in [-0.39, 0.29) is 11.5 Å². The van der Waals surface area contributed by atoms with Gasteiger partial charge in [-0.05, 0) is 38.1 Å². The summed E-state index contributed by atoms with van der Waals surface area (Å²) < 4.78 is 7.07. The second-order valence-corrected chi connectivity index (χ2v) is 9.10. The van der Waals surface area contributed by atoms with Crippen LogP contribution >= 0.6 is 22.9 Å². The first-order valence-electron chi connectivity index (χ1n) is 11.2. The smallest absolute Gasteiger partial charge is 0.273 e. The molecular weight excluding hydrogens is 498 g/mol. The van der Waals surface area contributed by atoms with Crippen molar-refractivity contribution in [3.8, 4) is 22.1 Å². The second kappa shape index (κ2) is 9.92. The van der Waals surface area contributed by atoms with Crippen LogP contribution in [0.1, 0.15) is 25.7 Å². The summed E-state index contributed by atoms with van der Waals surface area (Å²) in [6.07, 6.45) is 1.61. The van der Waals surface area contributed by atoms with Gasteiger partial charge in [-0.2, -0.15) is 4.98 Å². The van der Waals surface area contributed by atoms with Crippen LogP contribution in [0.3, 0.4) is 0 Å². The summed E-state index contributed by atoms with van der Waals surface area (Å²) in [5, 5.41) is 6.49. The molecule has 3 N–H and O–H groups in total. The summed E-state index contributed by atoms with van der Waals surface area (Å²) in [6, 6.07) is 14.1. The van der Waals surface area contributed by atoms with Crippen molar-refractivity contribution in [3.05, 3.63) is 81.3 Å². The van der Waals surface area contributed by atoms with Gasteiger partial charge in [0.1, 0.15) is 11.6 Å². The molecule has 1 atom stereocenters. The van der Waals surface area contributed by atoms with Crippen LogP contribution < -0.4 is 21.3 Å². The summed E-state index contributed by atoms with van der Waals surface area (Å²) in [4.78, 5) is 31.6. The average Bonchev–Trinajstić information content (AvgIpc) is 3.33. The zero-order valence-electron chi connectivity index (χ0n) is 19.5. The lowest BCUT2D eigenvalue weighted by molar-refractivity contribution is 0.338. The lowest BCUT2D eigenvalue weighted by atomic mass is 10.2. The first kappa shape index (κ1) is 23.7. The predicted octanol–water partition coefficient (Wildman–Crippen LogP) is 5.11. The third-order valence-corrected chi connectivity index (χ3v) is 6.53. The minimum absolute atomic E-state index is 0.104. The molecule has 0 aliphatic heterocycles. The summed E-state index contributed by atoms with van der Waals surface area (Å²) in [7, 11) is 0. The van der Waals surface area contributed by atoms with E-state index in [4.69, 9.17) is 27.1 Å². The van der Waals surface area contributed by atoms with Crippen molar-refractivity contribution >= 4 is 45.6 Å². The third-order valence-electron chi connectivity index (χ3n) is 5.46. The molecule has 2 aromatic carbocycles. The fourth-order valence-electron chi connectivity index (χ4n) is 3.86. The molecule has 0 fully saturated rings. The van der Waals surface area contributed by atoms with Gasteiger partial charge in [0.2, 0.25) is 5.95 Å². The molecule has 5 rings (SSSR count). The first-order chi connectivity index (χ1) is 17.5. The molecule has 0 unspecified atom stereocenters. The van der Waals surface area contributed by atoms with Gasteiger partial charge < -0.3 is 15.8 Å². The number of fused-ring (bicyclic) bond motifs is 1. The van der Waals surface area contributed by atoms with Crippen molar-refractivity contribution < 1.29 is 4.74 Å². The highest BCUT2D eigenvalue weighted by molar-refractivity contribution is 7.11. The molecule has 3 aromatic heterocycles. The first-order valence-corrected chi connectivity index (χ1v) is 12.5. The van der Waals surface area contributed by atoms with E-state index < -0.39 is 6.04 Å². The van der Waals surface area contributed by atoms with E-state index >= 15 is 0 Å². The van der Waals surface area contributed by atoms with E-state index in [1.54, 1.807) is 29.0 Å². The monoisotopic (exact) mass is 519 g/mol. The van der Waals surface area contributed by atoms with Gasteiger partial charge in [0, 0.05) is 11.6 Å². The van der Waals surface area contributed by atoms with E-state index in [2.05, 4.69) is 20.3 Å². The lowest BCUT2D eigenvalue weighted by Crippen LogP contribution is -2.27. The lowest BCUT2D eigenvalue weighted by Gasteiger charge is -2.21. The number of para-hydroxylation sites is 1. The molecule has 3 heterocycles. The van der Waals surface area contributed by atoms with Crippen LogP contribution in [0, 0.1) is 0 Å². The summed E-state index contributed by atoms with van der Waals surface area (Å²) >= 11 is 7.78. The molecule has 9 nitrogen and oxygen atoms in total. The van der Waals surface area contributed by atoms with Gasteiger partial charge in [-0.3, -0.25) is 9.36 Å². The van der Waals surface area contributed by atoms with Gasteiger partial charge in [0.25, 0.3) is 10.8 Å². The highest BCUT2D eigenvalue weighted by atomic mass is 35.5. The molecule has 5 aromatic rings. The highest BCUT2D eigenvalue weighted by Crippen LogP contribution is 2.32. The standard InChI is InChI=1S/C25H22ClN7O2S/c1-3-35-25-31-19(13-36-25)16-12-28-24(27)32-21(16)29-14(2)22-30-18-11-7-10-17(26)20(18)23(34)33(22)15-8-5-4-6-9-15/h4-14H,3H2,1-2H3,(H3,27,28,29,32)/t14-/m1/s1. The SMILES string of the molecule is CCOc1nc(-c2cnc(N)nc2N[C@H](C)c2nc3cccc(Cl)c3c(=O)n2-c2ccccc2)cs1. The Bertz CT molecular complexity index is 1600. The Morgan fingerprint density at radius 3 is 2.72 bits per heavy atom. The summed E-state index contributed by atoms with van der Waals surface area (Å²) in [6.45, 7) is 4.31. The number of hydrogen-bond acceptors (Lipinski definition) is 9. The molecule has 0 radical (unpaired) electrons. The van der Waals surface area contributed by atoms with Gasteiger partial charge in [-0.1, -0.05) is 47.2 Å². The number of anilines is 2. The van der Waals surface area contributed by atoms with Crippen LogP contribution in [0.5, 0.6) is 5.19 Å². The van der Waals surface area contributed by atoms with Crippen molar-refractivity contribution in [1.82, 2.24) is 24.5 Å². The number of benzene rings is 2. The number of aromatic nitrogens is 5. The van der Waals surface area contributed by atoms with Gasteiger partial charge >= 0.3 is 0 Å². The second-order valence-electron chi connectivity index (χ2n) is 7.87. The number of nitrogens with two attached hydrogens (primary N) is 1. The molecule has 0 saturated carbocycles.